The van der Waals surface area contributed by atoms with Gasteiger partial charge in [-0.3, -0.25) is 29.5 Å². The Labute approximate surface area is 366 Å². The van der Waals surface area contributed by atoms with Crippen LogP contribution in [0.3, 0.4) is 0 Å². The van der Waals surface area contributed by atoms with Gasteiger partial charge < -0.3 is 9.62 Å². The number of aromatic amines is 1. The van der Waals surface area contributed by atoms with Crippen LogP contribution in [-0.2, 0) is 13.1 Å². The van der Waals surface area contributed by atoms with Crippen LogP contribution in [-0.4, -0.2) is 57.8 Å². The van der Waals surface area contributed by atoms with Gasteiger partial charge in [-0.25, -0.2) is 15.0 Å². The fraction of sp³-hybridized carbons (Fsp3) is 0.0976. The predicted molar refractivity (Wildman–Crippen MR) is 242 cm³/mol. The maximum Gasteiger partial charge on any atom is 0.301 e. The van der Waals surface area contributed by atoms with Crippen molar-refractivity contribution in [3.63, 3.8) is 0 Å². The second-order valence-corrected chi connectivity index (χ2v) is 18.4. The van der Waals surface area contributed by atoms with Gasteiger partial charge in [0.15, 0.2) is 16.5 Å². The topological polar surface area (TPSA) is 180 Å². The summed E-state index contributed by atoms with van der Waals surface area (Å²) in [6.07, 6.45) is 2.31. The first-order valence-electron chi connectivity index (χ1n) is 18.7. The number of hydrogen-bond acceptors (Lipinski definition) is 15. The second-order valence-electron chi connectivity index (χ2n) is 13.6. The molecule has 20 heteroatoms. The number of anilines is 2. The number of benzene rings is 3. The van der Waals surface area contributed by atoms with Crippen molar-refractivity contribution in [2.24, 2.45) is 10.2 Å². The van der Waals surface area contributed by atoms with Crippen LogP contribution in [0.15, 0.2) is 133 Å². The van der Waals surface area contributed by atoms with Crippen molar-refractivity contribution in [1.29, 1.82) is 0 Å². The number of thiazole rings is 3. The molecule has 0 radical (unpaired) electrons. The van der Waals surface area contributed by atoms with E-state index in [0.717, 1.165) is 36.9 Å². The van der Waals surface area contributed by atoms with Gasteiger partial charge in [0.1, 0.15) is 0 Å². The van der Waals surface area contributed by atoms with Gasteiger partial charge in [-0.2, -0.15) is 9.78 Å². The summed E-state index contributed by atoms with van der Waals surface area (Å²) < 4.78 is 8.63. The molecule has 15 nitrogen and oxygen atoms in total. The largest absolute Gasteiger partial charge is 0.333 e. The van der Waals surface area contributed by atoms with Crippen molar-refractivity contribution in [2.75, 3.05) is 16.6 Å². The summed E-state index contributed by atoms with van der Waals surface area (Å²) >= 11 is 7.24. The van der Waals surface area contributed by atoms with Crippen LogP contribution in [0.4, 0.5) is 21.6 Å². The van der Waals surface area contributed by atoms with Crippen molar-refractivity contribution in [2.45, 2.75) is 23.7 Å². The molecule has 3 N–H and O–H groups in total. The van der Waals surface area contributed by atoms with Crippen LogP contribution < -0.4 is 15.6 Å². The molecular weight excluding hydrogens is 869 g/mol. The Kier molecular flexibility index (Phi) is 10.6. The van der Waals surface area contributed by atoms with Crippen LogP contribution in [0.5, 0.6) is 0 Å². The molecule has 0 atom stereocenters. The van der Waals surface area contributed by atoms with Crippen molar-refractivity contribution >= 4 is 101 Å². The monoisotopic (exact) mass is 898 g/mol. The number of thiophene rings is 1. The normalized spacial score (nSPS) is 12.8. The zero-order valence-electron chi connectivity index (χ0n) is 31.6. The summed E-state index contributed by atoms with van der Waals surface area (Å²) in [7, 11) is 0. The SMILES string of the molecule is O=C(Nc1nc2ccc(NSc3cccs3)cc2s1)c1cc2n(n1)CCCN(C(=O)c1ccc(-c3csc(-n4[nH]c(-c5ccccc5)c(N=Nc5nccs5)c4=O)n3)cc1)C2. The maximum atomic E-state index is 13.8. The summed E-state index contributed by atoms with van der Waals surface area (Å²) in [4.78, 5) is 56.2. The lowest BCUT2D eigenvalue weighted by atomic mass is 10.1. The van der Waals surface area contributed by atoms with E-state index in [9.17, 15) is 14.4 Å². The van der Waals surface area contributed by atoms with Crippen LogP contribution in [0.25, 0.3) is 37.9 Å². The highest BCUT2D eigenvalue weighted by Crippen LogP contribution is 2.33. The molecule has 7 heterocycles. The number of nitrogens with one attached hydrogen (secondary N) is 3. The summed E-state index contributed by atoms with van der Waals surface area (Å²) in [6.45, 7) is 1.42. The van der Waals surface area contributed by atoms with Crippen LogP contribution in [0, 0.1) is 0 Å². The smallest absolute Gasteiger partial charge is 0.301 e. The third-order valence-electron chi connectivity index (χ3n) is 9.60. The number of carbonyl (C=O) groups is 2. The van der Waals surface area contributed by atoms with E-state index in [2.05, 4.69) is 46.5 Å². The summed E-state index contributed by atoms with van der Waals surface area (Å²) in [6, 6.07) is 28.4. The molecule has 61 heavy (non-hydrogen) atoms. The summed E-state index contributed by atoms with van der Waals surface area (Å²) in [5.41, 5.74) is 5.76. The standard InChI is InChI=1S/C41H30N12O3S5/c54-36(45-40-43-29-14-13-27(20-32(29)60-40)50-61-33-8-4-18-57-33)30-21-28-22-51(16-5-17-52(28)48-30)37(55)26-11-9-24(10-12-26)31-23-59-41(44-31)53-38(56)35(46-47-39-42-15-19-58-39)34(49-53)25-6-2-1-3-7-25/h1-4,6-15,18-21,23,49-50H,5,16-17,22H2,(H,43,45,54). The fourth-order valence-corrected chi connectivity index (χ4v) is 10.2. The lowest BCUT2D eigenvalue weighted by Crippen LogP contribution is -2.30. The van der Waals surface area contributed by atoms with Gasteiger partial charge in [-0.1, -0.05) is 59.9 Å². The second kappa shape index (κ2) is 16.8. The fourth-order valence-electron chi connectivity index (χ4n) is 6.67. The number of azo groups is 1. The zero-order valence-corrected chi connectivity index (χ0v) is 35.7. The number of rotatable bonds is 11. The molecule has 10 rings (SSSR count). The van der Waals surface area contributed by atoms with Crippen molar-refractivity contribution < 1.29 is 9.59 Å². The number of carbonyl (C=O) groups excluding carboxylic acids is 2. The Balaban J connectivity index is 0.809. The van der Waals surface area contributed by atoms with E-state index in [1.165, 1.54) is 38.7 Å². The third kappa shape index (κ3) is 8.18. The molecule has 302 valence electrons. The minimum Gasteiger partial charge on any atom is -0.333 e. The molecular formula is C41H30N12O3S5. The van der Waals surface area contributed by atoms with Gasteiger partial charge in [0.25, 0.3) is 11.8 Å². The summed E-state index contributed by atoms with van der Waals surface area (Å²) in [5.74, 6) is -0.491. The Hall–Kier alpha value is -6.58. The quantitative estimate of drug-likeness (QED) is 0.0841. The molecule has 0 bridgehead atoms. The molecule has 9 aromatic rings. The van der Waals surface area contributed by atoms with Gasteiger partial charge in [0, 0.05) is 52.4 Å². The van der Waals surface area contributed by atoms with Crippen molar-refractivity contribution in [1.82, 2.24) is 39.4 Å². The maximum absolute atomic E-state index is 13.8. The number of hydrogen-bond donors (Lipinski definition) is 3. The number of amides is 2. The Morgan fingerprint density at radius 3 is 2.57 bits per heavy atom. The van der Waals surface area contributed by atoms with E-state index >= 15 is 0 Å². The Bertz CT molecular complexity index is 3090. The van der Waals surface area contributed by atoms with Crippen LogP contribution in [0.1, 0.15) is 33.0 Å². The summed E-state index contributed by atoms with van der Waals surface area (Å²) in [5, 5.41) is 26.2. The van der Waals surface area contributed by atoms with Gasteiger partial charge >= 0.3 is 5.56 Å². The van der Waals surface area contributed by atoms with Crippen LogP contribution in [0.2, 0.25) is 0 Å². The third-order valence-corrected chi connectivity index (χ3v) is 13.9. The van der Waals surface area contributed by atoms with Gasteiger partial charge in [-0.15, -0.1) is 44.2 Å². The van der Waals surface area contributed by atoms with Gasteiger partial charge in [0.2, 0.25) is 10.3 Å². The Morgan fingerprint density at radius 1 is 0.869 bits per heavy atom. The Morgan fingerprint density at radius 2 is 1.75 bits per heavy atom. The number of aryl methyl sites for hydroxylation is 1. The molecule has 2 amide bonds. The van der Waals surface area contributed by atoms with E-state index in [1.54, 1.807) is 62.6 Å². The van der Waals surface area contributed by atoms with E-state index in [0.29, 0.717) is 58.4 Å². The minimum atomic E-state index is -0.396. The molecule has 0 fully saturated rings. The predicted octanol–water partition coefficient (Wildman–Crippen LogP) is 10.1. The molecule has 0 unspecified atom stereocenters. The average Bonchev–Trinajstić information content (AvgIpc) is 4.16. The molecule has 6 aromatic heterocycles. The molecule has 0 saturated heterocycles. The molecule has 0 aliphatic carbocycles. The van der Waals surface area contributed by atoms with Crippen LogP contribution >= 0.6 is 57.3 Å². The zero-order chi connectivity index (χ0) is 41.3. The number of nitrogens with zero attached hydrogens (tertiary/aromatic N) is 9. The lowest BCUT2D eigenvalue weighted by molar-refractivity contribution is 0.0745. The van der Waals surface area contributed by atoms with Gasteiger partial charge in [-0.05, 0) is 66.2 Å². The lowest BCUT2D eigenvalue weighted by Gasteiger charge is -2.20. The molecule has 0 spiro atoms. The number of aromatic nitrogens is 7. The minimum absolute atomic E-state index is 0.130. The van der Waals surface area contributed by atoms with E-state index in [1.807, 2.05) is 77.5 Å². The van der Waals surface area contributed by atoms with E-state index in [-0.39, 0.29) is 23.2 Å². The average molecular weight is 899 g/mol. The van der Waals surface area contributed by atoms with E-state index in [4.69, 9.17) is 4.98 Å². The molecule has 3 aromatic carbocycles. The first-order valence-corrected chi connectivity index (χ1v) is 23.0. The van der Waals surface area contributed by atoms with Crippen molar-refractivity contribution in [3.05, 3.63) is 141 Å². The first-order chi connectivity index (χ1) is 29.9. The molecule has 1 aliphatic rings. The highest BCUT2D eigenvalue weighted by atomic mass is 32.2. The van der Waals surface area contributed by atoms with Crippen molar-refractivity contribution in [3.8, 4) is 27.6 Å². The molecule has 1 aliphatic heterocycles. The molecule has 0 saturated carbocycles. The highest BCUT2D eigenvalue weighted by Gasteiger charge is 2.25. The highest BCUT2D eigenvalue weighted by molar-refractivity contribution is 8.02. The van der Waals surface area contributed by atoms with E-state index < -0.39 is 5.56 Å². The first kappa shape index (κ1) is 38.6. The van der Waals surface area contributed by atoms with Gasteiger partial charge in [0.05, 0.1) is 38.1 Å². The number of H-pyrrole nitrogens is 1. The number of fused-ring (bicyclic) bond motifs is 2.